The molecule has 96 valence electrons. The van der Waals surface area contributed by atoms with E-state index in [1.165, 1.54) is 24.2 Å². The van der Waals surface area contributed by atoms with Crippen LogP contribution in [0, 0.1) is 0 Å². The van der Waals surface area contributed by atoms with Crippen LogP contribution in [-0.4, -0.2) is 24.5 Å². The van der Waals surface area contributed by atoms with Gasteiger partial charge in [0.15, 0.2) is 0 Å². The first kappa shape index (κ1) is 11.4. The number of fused-ring (bicyclic) bond motifs is 1. The standard InChI is InChI=1S/C12H18N6/c13-7-10-8-18(16-15-10)6-5-17-9-14-11-3-1-2-4-12(11)17/h8-9H,1-7,13H2. The number of nitrogens with two attached hydrogens (primary N) is 1. The van der Waals surface area contributed by atoms with Crippen molar-refractivity contribution in [3.05, 3.63) is 29.6 Å². The predicted octanol–water partition coefficient (Wildman–Crippen LogP) is 0.512. The highest BCUT2D eigenvalue weighted by Crippen LogP contribution is 2.19. The molecule has 2 N–H and O–H groups in total. The molecule has 1 aliphatic carbocycles. The van der Waals surface area contributed by atoms with Gasteiger partial charge in [0.1, 0.15) is 0 Å². The number of nitrogens with zero attached hydrogens (tertiary/aromatic N) is 5. The lowest BCUT2D eigenvalue weighted by atomic mass is 10.0. The minimum atomic E-state index is 0.445. The molecule has 6 nitrogen and oxygen atoms in total. The van der Waals surface area contributed by atoms with Gasteiger partial charge < -0.3 is 10.3 Å². The fraction of sp³-hybridized carbons (Fsp3) is 0.583. The summed E-state index contributed by atoms with van der Waals surface area (Å²) in [6.07, 6.45) is 8.69. The molecule has 0 saturated heterocycles. The lowest BCUT2D eigenvalue weighted by Crippen LogP contribution is -2.12. The average Bonchev–Trinajstić information content (AvgIpc) is 3.03. The average molecular weight is 246 g/mol. The van der Waals surface area contributed by atoms with Gasteiger partial charge in [-0.25, -0.2) is 4.98 Å². The van der Waals surface area contributed by atoms with Crippen molar-refractivity contribution in [3.63, 3.8) is 0 Å². The van der Waals surface area contributed by atoms with Crippen molar-refractivity contribution in [2.45, 2.75) is 45.3 Å². The first-order valence-electron chi connectivity index (χ1n) is 6.49. The third kappa shape index (κ3) is 2.15. The maximum absolute atomic E-state index is 5.51. The Labute approximate surface area is 106 Å². The van der Waals surface area contributed by atoms with E-state index >= 15 is 0 Å². The summed E-state index contributed by atoms with van der Waals surface area (Å²) >= 11 is 0. The van der Waals surface area contributed by atoms with Crippen LogP contribution in [0.4, 0.5) is 0 Å². The van der Waals surface area contributed by atoms with E-state index in [9.17, 15) is 0 Å². The second kappa shape index (κ2) is 4.89. The zero-order valence-electron chi connectivity index (χ0n) is 10.4. The van der Waals surface area contributed by atoms with E-state index in [0.29, 0.717) is 6.54 Å². The number of imidazole rings is 1. The van der Waals surface area contributed by atoms with Crippen LogP contribution in [0.5, 0.6) is 0 Å². The van der Waals surface area contributed by atoms with Gasteiger partial charge in [-0.05, 0) is 25.7 Å². The number of hydrogen-bond acceptors (Lipinski definition) is 4. The molecule has 6 heteroatoms. The smallest absolute Gasteiger partial charge is 0.0962 e. The Morgan fingerprint density at radius 1 is 1.22 bits per heavy atom. The van der Waals surface area contributed by atoms with Crippen LogP contribution in [0.3, 0.4) is 0 Å². The maximum Gasteiger partial charge on any atom is 0.0962 e. The van der Waals surface area contributed by atoms with Crippen LogP contribution in [0.15, 0.2) is 12.5 Å². The molecule has 2 aromatic rings. The van der Waals surface area contributed by atoms with E-state index < -0.39 is 0 Å². The third-order valence-electron chi connectivity index (χ3n) is 3.48. The van der Waals surface area contributed by atoms with Crippen molar-refractivity contribution in [1.29, 1.82) is 0 Å². The molecular formula is C12H18N6. The van der Waals surface area contributed by atoms with Gasteiger partial charge >= 0.3 is 0 Å². The summed E-state index contributed by atoms with van der Waals surface area (Å²) in [4.78, 5) is 4.49. The Bertz CT molecular complexity index is 526. The second-order valence-corrected chi connectivity index (χ2v) is 4.72. The molecule has 0 aliphatic heterocycles. The molecule has 0 bridgehead atoms. The van der Waals surface area contributed by atoms with Crippen LogP contribution in [0.2, 0.25) is 0 Å². The van der Waals surface area contributed by atoms with Gasteiger partial charge in [0.2, 0.25) is 0 Å². The fourth-order valence-corrected chi connectivity index (χ4v) is 2.48. The Morgan fingerprint density at radius 3 is 2.94 bits per heavy atom. The number of hydrogen-bond donors (Lipinski definition) is 1. The zero-order valence-corrected chi connectivity index (χ0v) is 10.4. The van der Waals surface area contributed by atoms with Gasteiger partial charge in [-0.1, -0.05) is 5.21 Å². The monoisotopic (exact) mass is 246 g/mol. The molecule has 0 saturated carbocycles. The first-order chi connectivity index (χ1) is 8.86. The molecule has 0 spiro atoms. The van der Waals surface area contributed by atoms with Crippen LogP contribution in [-0.2, 0) is 32.5 Å². The summed E-state index contributed by atoms with van der Waals surface area (Å²) < 4.78 is 4.09. The fourth-order valence-electron chi connectivity index (χ4n) is 2.48. The van der Waals surface area contributed by atoms with E-state index in [0.717, 1.165) is 31.6 Å². The highest BCUT2D eigenvalue weighted by Gasteiger charge is 2.14. The van der Waals surface area contributed by atoms with Gasteiger partial charge in [-0.15, -0.1) is 5.10 Å². The van der Waals surface area contributed by atoms with Gasteiger partial charge in [0.05, 0.1) is 24.3 Å². The zero-order chi connectivity index (χ0) is 12.4. The number of aromatic nitrogens is 5. The summed E-state index contributed by atoms with van der Waals surface area (Å²) in [6, 6.07) is 0. The topological polar surface area (TPSA) is 74.5 Å². The Morgan fingerprint density at radius 2 is 2.11 bits per heavy atom. The third-order valence-corrected chi connectivity index (χ3v) is 3.48. The highest BCUT2D eigenvalue weighted by molar-refractivity contribution is 5.16. The van der Waals surface area contributed by atoms with E-state index in [2.05, 4.69) is 19.9 Å². The lowest BCUT2D eigenvalue weighted by Gasteiger charge is -2.13. The van der Waals surface area contributed by atoms with Crippen molar-refractivity contribution < 1.29 is 0 Å². The van der Waals surface area contributed by atoms with Gasteiger partial charge in [0, 0.05) is 25.0 Å². The summed E-state index contributed by atoms with van der Waals surface area (Å²) in [5.74, 6) is 0. The minimum absolute atomic E-state index is 0.445. The van der Waals surface area contributed by atoms with Crippen molar-refractivity contribution in [2.75, 3.05) is 0 Å². The first-order valence-corrected chi connectivity index (χ1v) is 6.49. The van der Waals surface area contributed by atoms with Crippen LogP contribution < -0.4 is 5.73 Å². The van der Waals surface area contributed by atoms with Crippen molar-refractivity contribution in [2.24, 2.45) is 5.73 Å². The molecule has 2 aromatic heterocycles. The Hall–Kier alpha value is -1.69. The SMILES string of the molecule is NCc1cn(CCn2cnc3c2CCCC3)nn1. The summed E-state index contributed by atoms with van der Waals surface area (Å²) in [5, 5.41) is 8.04. The maximum atomic E-state index is 5.51. The van der Waals surface area contributed by atoms with E-state index in [1.807, 2.05) is 17.2 Å². The van der Waals surface area contributed by atoms with Crippen LogP contribution >= 0.6 is 0 Å². The van der Waals surface area contributed by atoms with E-state index in [-0.39, 0.29) is 0 Å². The molecule has 1 aliphatic rings. The molecule has 0 aromatic carbocycles. The number of aryl methyl sites for hydroxylation is 3. The van der Waals surface area contributed by atoms with Crippen LogP contribution in [0.25, 0.3) is 0 Å². The quantitative estimate of drug-likeness (QED) is 0.853. The summed E-state index contributed by atoms with van der Waals surface area (Å²) in [5.41, 5.74) is 9.03. The van der Waals surface area contributed by atoms with E-state index in [4.69, 9.17) is 5.73 Å². The molecule has 3 rings (SSSR count). The number of rotatable bonds is 4. The summed E-state index contributed by atoms with van der Waals surface area (Å²) in [6.45, 7) is 2.16. The minimum Gasteiger partial charge on any atom is -0.332 e. The second-order valence-electron chi connectivity index (χ2n) is 4.72. The molecule has 0 fully saturated rings. The molecule has 0 radical (unpaired) electrons. The van der Waals surface area contributed by atoms with Gasteiger partial charge in [-0.3, -0.25) is 4.68 Å². The summed E-state index contributed by atoms with van der Waals surface area (Å²) in [7, 11) is 0. The molecule has 2 heterocycles. The van der Waals surface area contributed by atoms with Crippen LogP contribution in [0.1, 0.15) is 29.9 Å². The largest absolute Gasteiger partial charge is 0.332 e. The molecule has 0 amide bonds. The lowest BCUT2D eigenvalue weighted by molar-refractivity contribution is 0.502. The predicted molar refractivity (Wildman–Crippen MR) is 66.8 cm³/mol. The van der Waals surface area contributed by atoms with Crippen molar-refractivity contribution >= 4 is 0 Å². The van der Waals surface area contributed by atoms with Crippen molar-refractivity contribution in [1.82, 2.24) is 24.5 Å². The molecule has 0 unspecified atom stereocenters. The highest BCUT2D eigenvalue weighted by atomic mass is 15.4. The Balaban J connectivity index is 1.67. The van der Waals surface area contributed by atoms with Gasteiger partial charge in [0.25, 0.3) is 0 Å². The normalized spacial score (nSPS) is 14.7. The molecular weight excluding hydrogens is 228 g/mol. The van der Waals surface area contributed by atoms with Gasteiger partial charge in [-0.2, -0.15) is 0 Å². The van der Waals surface area contributed by atoms with E-state index in [1.54, 1.807) is 0 Å². The Kier molecular flexibility index (Phi) is 3.10. The molecule has 18 heavy (non-hydrogen) atoms. The van der Waals surface area contributed by atoms with Crippen molar-refractivity contribution in [3.8, 4) is 0 Å². The molecule has 0 atom stereocenters.